The largest absolute Gasteiger partial charge is 0.490 e. The lowest BCUT2D eigenvalue weighted by Crippen LogP contribution is -2.44. The van der Waals surface area contributed by atoms with Gasteiger partial charge in [0.15, 0.2) is 0 Å². The number of carbonyl (C=O) groups excluding carboxylic acids is 1. The van der Waals surface area contributed by atoms with Gasteiger partial charge < -0.3 is 14.8 Å². The van der Waals surface area contributed by atoms with Gasteiger partial charge in [-0.3, -0.25) is 4.79 Å². The van der Waals surface area contributed by atoms with Crippen molar-refractivity contribution in [2.45, 2.75) is 44.6 Å². The summed E-state index contributed by atoms with van der Waals surface area (Å²) >= 11 is 0. The van der Waals surface area contributed by atoms with Crippen molar-refractivity contribution in [2.24, 2.45) is 0 Å². The van der Waals surface area contributed by atoms with Gasteiger partial charge >= 0.3 is 0 Å². The number of anilines is 1. The Morgan fingerprint density at radius 1 is 1.00 bits per heavy atom. The summed E-state index contributed by atoms with van der Waals surface area (Å²) in [6.45, 7) is 5.35. The summed E-state index contributed by atoms with van der Waals surface area (Å²) in [5, 5.41) is 5.24. The molecule has 1 aliphatic rings. The van der Waals surface area contributed by atoms with Crippen LogP contribution in [0.25, 0.3) is 10.8 Å². The zero-order valence-electron chi connectivity index (χ0n) is 17.7. The van der Waals surface area contributed by atoms with E-state index < -0.39 is 5.41 Å². The third-order valence-electron chi connectivity index (χ3n) is 6.14. The SMILES string of the molecule is CC[C@H](C)Oc1ccc(NC(=O)C2(c3ccccc3)CCOCC2)c2ccccc12. The molecule has 0 bridgehead atoms. The molecule has 1 amide bonds. The zero-order chi connectivity index (χ0) is 21.0. The number of hydrogen-bond donors (Lipinski definition) is 1. The van der Waals surface area contributed by atoms with Crippen LogP contribution in [0.2, 0.25) is 0 Å². The molecule has 4 rings (SSSR count). The van der Waals surface area contributed by atoms with Crippen LogP contribution in [0.15, 0.2) is 66.7 Å². The Balaban J connectivity index is 1.69. The first-order valence-corrected chi connectivity index (χ1v) is 10.8. The normalized spacial score (nSPS) is 16.7. The summed E-state index contributed by atoms with van der Waals surface area (Å²) in [7, 11) is 0. The monoisotopic (exact) mass is 403 g/mol. The minimum Gasteiger partial charge on any atom is -0.490 e. The smallest absolute Gasteiger partial charge is 0.235 e. The standard InChI is InChI=1S/C26H29NO3/c1-3-19(2)30-24-14-13-23(21-11-7-8-12-22(21)24)27-25(28)26(15-17-29-18-16-26)20-9-5-4-6-10-20/h4-14,19H,3,15-18H2,1-2H3,(H,27,28)/t19-/m0/s1. The molecule has 30 heavy (non-hydrogen) atoms. The van der Waals surface area contributed by atoms with Crippen LogP contribution in [-0.2, 0) is 14.9 Å². The number of rotatable bonds is 6. The molecule has 4 heteroatoms. The molecule has 1 N–H and O–H groups in total. The molecule has 1 atom stereocenters. The maximum Gasteiger partial charge on any atom is 0.235 e. The minimum absolute atomic E-state index is 0.0257. The summed E-state index contributed by atoms with van der Waals surface area (Å²) in [5.74, 6) is 0.875. The fourth-order valence-electron chi connectivity index (χ4n) is 4.15. The van der Waals surface area contributed by atoms with Crippen molar-refractivity contribution in [2.75, 3.05) is 18.5 Å². The molecule has 1 aliphatic heterocycles. The van der Waals surface area contributed by atoms with Crippen molar-refractivity contribution in [3.63, 3.8) is 0 Å². The highest BCUT2D eigenvalue weighted by molar-refractivity contribution is 6.07. The molecular formula is C26H29NO3. The van der Waals surface area contributed by atoms with Crippen LogP contribution in [0, 0.1) is 0 Å². The van der Waals surface area contributed by atoms with Crippen molar-refractivity contribution in [1.29, 1.82) is 0 Å². The lowest BCUT2D eigenvalue weighted by atomic mass is 9.73. The summed E-state index contributed by atoms with van der Waals surface area (Å²) < 4.78 is 11.7. The van der Waals surface area contributed by atoms with E-state index in [9.17, 15) is 4.79 Å². The molecule has 0 aromatic heterocycles. The molecule has 1 heterocycles. The van der Waals surface area contributed by atoms with E-state index >= 15 is 0 Å². The van der Waals surface area contributed by atoms with Crippen LogP contribution < -0.4 is 10.1 Å². The van der Waals surface area contributed by atoms with E-state index in [4.69, 9.17) is 9.47 Å². The molecule has 4 nitrogen and oxygen atoms in total. The lowest BCUT2D eigenvalue weighted by molar-refractivity contribution is -0.125. The fraction of sp³-hybridized carbons (Fsp3) is 0.346. The fourth-order valence-corrected chi connectivity index (χ4v) is 4.15. The van der Waals surface area contributed by atoms with Crippen LogP contribution in [0.3, 0.4) is 0 Å². The minimum atomic E-state index is -0.577. The third-order valence-corrected chi connectivity index (χ3v) is 6.14. The Hall–Kier alpha value is -2.85. The van der Waals surface area contributed by atoms with Crippen LogP contribution in [0.4, 0.5) is 5.69 Å². The third kappa shape index (κ3) is 3.92. The van der Waals surface area contributed by atoms with E-state index in [2.05, 4.69) is 19.2 Å². The Morgan fingerprint density at radius 2 is 1.67 bits per heavy atom. The maximum atomic E-state index is 13.6. The van der Waals surface area contributed by atoms with Gasteiger partial charge in [0.05, 0.1) is 11.5 Å². The predicted molar refractivity (Wildman–Crippen MR) is 121 cm³/mol. The second-order valence-electron chi connectivity index (χ2n) is 8.01. The molecule has 0 saturated carbocycles. The van der Waals surface area contributed by atoms with E-state index in [1.54, 1.807) is 0 Å². The van der Waals surface area contributed by atoms with E-state index in [0.29, 0.717) is 26.1 Å². The van der Waals surface area contributed by atoms with Gasteiger partial charge in [-0.2, -0.15) is 0 Å². The van der Waals surface area contributed by atoms with Gasteiger partial charge in [0, 0.05) is 29.7 Å². The first kappa shape index (κ1) is 20.4. The topological polar surface area (TPSA) is 47.6 Å². The molecule has 1 saturated heterocycles. The number of ether oxygens (including phenoxy) is 2. The molecular weight excluding hydrogens is 374 g/mol. The van der Waals surface area contributed by atoms with Gasteiger partial charge in [-0.05, 0) is 43.9 Å². The second-order valence-corrected chi connectivity index (χ2v) is 8.01. The van der Waals surface area contributed by atoms with E-state index in [1.807, 2.05) is 66.7 Å². The Labute approximate surface area is 178 Å². The van der Waals surface area contributed by atoms with Gasteiger partial charge in [0.2, 0.25) is 5.91 Å². The number of nitrogens with one attached hydrogen (secondary N) is 1. The first-order chi connectivity index (χ1) is 14.6. The van der Waals surface area contributed by atoms with Crippen LogP contribution >= 0.6 is 0 Å². The Morgan fingerprint density at radius 3 is 2.37 bits per heavy atom. The highest BCUT2D eigenvalue weighted by Crippen LogP contribution is 2.38. The van der Waals surface area contributed by atoms with Gasteiger partial charge in [-0.15, -0.1) is 0 Å². The van der Waals surface area contributed by atoms with Gasteiger partial charge in [-0.25, -0.2) is 0 Å². The second kappa shape index (κ2) is 8.88. The lowest BCUT2D eigenvalue weighted by Gasteiger charge is -2.36. The molecule has 3 aromatic rings. The van der Waals surface area contributed by atoms with Crippen molar-refractivity contribution < 1.29 is 14.3 Å². The number of benzene rings is 3. The zero-order valence-corrected chi connectivity index (χ0v) is 17.7. The number of carbonyl (C=O) groups is 1. The summed E-state index contributed by atoms with van der Waals surface area (Å²) in [6.07, 6.45) is 2.43. The quantitative estimate of drug-likeness (QED) is 0.574. The molecule has 0 radical (unpaired) electrons. The predicted octanol–water partition coefficient (Wildman–Crippen LogP) is 5.70. The summed E-state index contributed by atoms with van der Waals surface area (Å²) in [5.41, 5.74) is 1.28. The molecule has 0 unspecified atom stereocenters. The highest BCUT2D eigenvalue weighted by Gasteiger charge is 2.41. The number of amides is 1. The average Bonchev–Trinajstić information content (AvgIpc) is 2.81. The summed E-state index contributed by atoms with van der Waals surface area (Å²) in [4.78, 5) is 13.6. The average molecular weight is 404 g/mol. The molecule has 1 fully saturated rings. The maximum absolute atomic E-state index is 13.6. The van der Waals surface area contributed by atoms with Crippen molar-refractivity contribution in [1.82, 2.24) is 0 Å². The van der Waals surface area contributed by atoms with Gasteiger partial charge in [0.25, 0.3) is 0 Å². The number of hydrogen-bond acceptors (Lipinski definition) is 3. The van der Waals surface area contributed by atoms with Crippen LogP contribution in [-0.4, -0.2) is 25.2 Å². The van der Waals surface area contributed by atoms with Crippen molar-refractivity contribution >= 4 is 22.4 Å². The van der Waals surface area contributed by atoms with Crippen LogP contribution in [0.1, 0.15) is 38.7 Å². The van der Waals surface area contributed by atoms with E-state index in [0.717, 1.165) is 34.2 Å². The summed E-state index contributed by atoms with van der Waals surface area (Å²) in [6, 6.07) is 22.1. The highest BCUT2D eigenvalue weighted by atomic mass is 16.5. The van der Waals surface area contributed by atoms with Crippen LogP contribution in [0.5, 0.6) is 5.75 Å². The molecule has 0 aliphatic carbocycles. The van der Waals surface area contributed by atoms with Gasteiger partial charge in [0.1, 0.15) is 5.75 Å². The molecule has 0 spiro atoms. The Bertz CT molecular complexity index is 1010. The van der Waals surface area contributed by atoms with E-state index in [1.165, 1.54) is 0 Å². The van der Waals surface area contributed by atoms with E-state index in [-0.39, 0.29) is 12.0 Å². The van der Waals surface area contributed by atoms with Crippen molar-refractivity contribution in [3.05, 3.63) is 72.3 Å². The number of fused-ring (bicyclic) bond motifs is 1. The Kier molecular flexibility index (Phi) is 6.05. The first-order valence-electron chi connectivity index (χ1n) is 10.8. The van der Waals surface area contributed by atoms with Crippen molar-refractivity contribution in [3.8, 4) is 5.75 Å². The van der Waals surface area contributed by atoms with Gasteiger partial charge in [-0.1, -0.05) is 61.5 Å². The molecule has 156 valence electrons. The molecule has 3 aromatic carbocycles.